The van der Waals surface area contributed by atoms with Gasteiger partial charge in [0, 0.05) is 13.0 Å². The number of aliphatic carboxylic acids is 1. The Morgan fingerprint density at radius 2 is 1.66 bits per heavy atom. The van der Waals surface area contributed by atoms with Gasteiger partial charge in [0.2, 0.25) is 5.91 Å². The van der Waals surface area contributed by atoms with E-state index in [1.54, 1.807) is 0 Å². The highest BCUT2D eigenvalue weighted by atomic mass is 32.2. The number of carbonyl (C=O) groups is 2. The number of benzene rings is 2. The van der Waals surface area contributed by atoms with Crippen LogP contribution in [0.4, 0.5) is 0 Å². The average Bonchev–Trinajstić information content (AvgIpc) is 3.53. The summed E-state index contributed by atoms with van der Waals surface area (Å²) in [5.74, 6) is -0.172. The molecule has 8 nitrogen and oxygen atoms in total. The Hall–Kier alpha value is -3.17. The van der Waals surface area contributed by atoms with Crippen molar-refractivity contribution in [3.63, 3.8) is 0 Å². The van der Waals surface area contributed by atoms with Gasteiger partial charge in [0.15, 0.2) is 5.16 Å². The van der Waals surface area contributed by atoms with Crippen LogP contribution in [0.1, 0.15) is 35.4 Å². The lowest BCUT2D eigenvalue weighted by molar-refractivity contribution is -0.150. The lowest BCUT2D eigenvalue weighted by Gasteiger charge is -2.34. The maximum atomic E-state index is 13.2. The van der Waals surface area contributed by atoms with Gasteiger partial charge in [-0.05, 0) is 42.6 Å². The Bertz CT molecular complexity index is 1190. The first-order valence-electron chi connectivity index (χ1n) is 12.0. The Morgan fingerprint density at radius 3 is 2.40 bits per heavy atom. The fourth-order valence-electron chi connectivity index (χ4n) is 4.82. The summed E-state index contributed by atoms with van der Waals surface area (Å²) >= 11 is 1.33. The van der Waals surface area contributed by atoms with Crippen molar-refractivity contribution >= 4 is 23.6 Å². The summed E-state index contributed by atoms with van der Waals surface area (Å²) in [5, 5.41) is 19.4. The van der Waals surface area contributed by atoms with Gasteiger partial charge in [-0.15, -0.1) is 10.2 Å². The summed E-state index contributed by atoms with van der Waals surface area (Å²) < 4.78 is 2.09. The molecule has 9 heteroatoms. The average molecular weight is 492 g/mol. The normalized spacial score (nSPS) is 17.9. The van der Waals surface area contributed by atoms with Gasteiger partial charge in [-0.3, -0.25) is 9.69 Å². The van der Waals surface area contributed by atoms with Gasteiger partial charge in [-0.25, -0.2) is 4.79 Å². The molecular formula is C26H29N5O3S. The molecule has 1 amide bonds. The Balaban J connectivity index is 1.33. The molecule has 35 heavy (non-hydrogen) atoms. The van der Waals surface area contributed by atoms with Crippen LogP contribution < -0.4 is 0 Å². The minimum atomic E-state index is -0.974. The van der Waals surface area contributed by atoms with Crippen molar-refractivity contribution in [2.45, 2.75) is 50.1 Å². The zero-order chi connectivity index (χ0) is 24.2. The highest BCUT2D eigenvalue weighted by molar-refractivity contribution is 7.99. The lowest BCUT2D eigenvalue weighted by atomic mass is 9.94. The molecule has 1 N–H and O–H groups in total. The number of hydrogen-bond acceptors (Lipinski definition) is 6. The minimum Gasteiger partial charge on any atom is -0.480 e. The number of nitrogens with zero attached hydrogens (tertiary/aromatic N) is 5. The molecule has 5 rings (SSSR count). The molecule has 2 aromatic carbocycles. The molecule has 3 aromatic rings. The summed E-state index contributed by atoms with van der Waals surface area (Å²) in [4.78, 5) is 29.0. The van der Waals surface area contributed by atoms with E-state index in [0.717, 1.165) is 42.1 Å². The molecule has 3 heterocycles. The van der Waals surface area contributed by atoms with E-state index in [9.17, 15) is 14.7 Å². The van der Waals surface area contributed by atoms with E-state index >= 15 is 0 Å². The van der Waals surface area contributed by atoms with E-state index in [-0.39, 0.29) is 11.7 Å². The predicted molar refractivity (Wildman–Crippen MR) is 133 cm³/mol. The number of carboxylic acids is 1. The third-order valence-electron chi connectivity index (χ3n) is 6.72. The van der Waals surface area contributed by atoms with Crippen molar-refractivity contribution in [3.8, 4) is 0 Å². The number of rotatable bonds is 8. The maximum absolute atomic E-state index is 13.2. The van der Waals surface area contributed by atoms with Gasteiger partial charge in [0.05, 0.1) is 18.8 Å². The van der Waals surface area contributed by atoms with E-state index in [1.807, 2.05) is 42.5 Å². The molecular weight excluding hydrogens is 462 g/mol. The standard InChI is InChI=1S/C26H29N5O3S/c32-24(30-16-21-11-5-4-10-20(21)14-22(30)25(33)34)18-35-26-28-27-23(17-29-12-6-7-13-29)31(26)15-19-8-2-1-3-9-19/h1-5,8-11,22H,6-7,12-18H2,(H,33,34). The van der Waals surface area contributed by atoms with Gasteiger partial charge in [0.1, 0.15) is 11.9 Å². The molecule has 0 saturated carbocycles. The Labute approximate surface area is 209 Å². The van der Waals surface area contributed by atoms with Crippen molar-refractivity contribution in [3.05, 3.63) is 77.1 Å². The Morgan fingerprint density at radius 1 is 0.943 bits per heavy atom. The fraction of sp³-hybridized carbons (Fsp3) is 0.385. The van der Waals surface area contributed by atoms with Crippen LogP contribution in [0.2, 0.25) is 0 Å². The van der Waals surface area contributed by atoms with Crippen LogP contribution in [0, 0.1) is 0 Å². The van der Waals surface area contributed by atoms with E-state index in [0.29, 0.717) is 24.7 Å². The van der Waals surface area contributed by atoms with E-state index < -0.39 is 12.0 Å². The van der Waals surface area contributed by atoms with Crippen LogP contribution in [-0.4, -0.2) is 66.4 Å². The SMILES string of the molecule is O=C(O)C1Cc2ccccc2CN1C(=O)CSc1nnc(CN2CCCC2)n1Cc1ccccc1. The first-order valence-corrected chi connectivity index (χ1v) is 13.0. The number of thioether (sulfide) groups is 1. The second-order valence-corrected chi connectivity index (χ2v) is 10.0. The quantitative estimate of drug-likeness (QED) is 0.484. The predicted octanol–water partition coefficient (Wildman–Crippen LogP) is 3.05. The van der Waals surface area contributed by atoms with Crippen LogP contribution in [0.25, 0.3) is 0 Å². The van der Waals surface area contributed by atoms with Crippen LogP contribution in [0.3, 0.4) is 0 Å². The number of aromatic nitrogens is 3. The van der Waals surface area contributed by atoms with Gasteiger partial charge < -0.3 is 14.6 Å². The minimum absolute atomic E-state index is 0.114. The van der Waals surface area contributed by atoms with Crippen molar-refractivity contribution in [2.24, 2.45) is 0 Å². The number of carbonyl (C=O) groups excluding carboxylic acids is 1. The highest BCUT2D eigenvalue weighted by Gasteiger charge is 2.34. The summed E-state index contributed by atoms with van der Waals surface area (Å²) in [6.45, 7) is 3.79. The number of amides is 1. The summed E-state index contributed by atoms with van der Waals surface area (Å²) in [6.07, 6.45) is 2.73. The van der Waals surface area contributed by atoms with Gasteiger partial charge in [-0.2, -0.15) is 0 Å². The summed E-state index contributed by atoms with van der Waals surface area (Å²) in [5.41, 5.74) is 3.14. The lowest BCUT2D eigenvalue weighted by Crippen LogP contribution is -2.49. The monoisotopic (exact) mass is 491 g/mol. The zero-order valence-electron chi connectivity index (χ0n) is 19.5. The molecule has 1 aromatic heterocycles. The Kier molecular flexibility index (Phi) is 7.15. The second-order valence-electron chi connectivity index (χ2n) is 9.09. The van der Waals surface area contributed by atoms with E-state index in [1.165, 1.54) is 29.5 Å². The highest BCUT2D eigenvalue weighted by Crippen LogP contribution is 2.26. The molecule has 1 saturated heterocycles. The van der Waals surface area contributed by atoms with Gasteiger partial charge >= 0.3 is 5.97 Å². The smallest absolute Gasteiger partial charge is 0.326 e. The topological polar surface area (TPSA) is 91.6 Å². The molecule has 182 valence electrons. The van der Waals surface area contributed by atoms with E-state index in [2.05, 4.69) is 31.8 Å². The van der Waals surface area contributed by atoms with Crippen LogP contribution in [-0.2, 0) is 35.6 Å². The van der Waals surface area contributed by atoms with Crippen molar-refractivity contribution < 1.29 is 14.7 Å². The summed E-state index contributed by atoms with van der Waals surface area (Å²) in [7, 11) is 0. The fourth-order valence-corrected chi connectivity index (χ4v) is 5.67. The zero-order valence-corrected chi connectivity index (χ0v) is 20.4. The number of hydrogen-bond donors (Lipinski definition) is 1. The number of carboxylic acid groups (broad SMARTS) is 1. The van der Waals surface area contributed by atoms with Gasteiger partial charge in [-0.1, -0.05) is 66.4 Å². The second kappa shape index (κ2) is 10.6. The van der Waals surface area contributed by atoms with E-state index in [4.69, 9.17) is 0 Å². The van der Waals surface area contributed by atoms with Crippen molar-refractivity contribution in [1.82, 2.24) is 24.6 Å². The van der Waals surface area contributed by atoms with Crippen molar-refractivity contribution in [1.29, 1.82) is 0 Å². The molecule has 0 radical (unpaired) electrons. The van der Waals surface area contributed by atoms with Crippen molar-refractivity contribution in [2.75, 3.05) is 18.8 Å². The largest absolute Gasteiger partial charge is 0.480 e. The van der Waals surface area contributed by atoms with Crippen LogP contribution >= 0.6 is 11.8 Å². The molecule has 1 atom stereocenters. The first kappa shape index (κ1) is 23.6. The molecule has 2 aliphatic rings. The van der Waals surface area contributed by atoms with Gasteiger partial charge in [0.25, 0.3) is 0 Å². The third kappa shape index (κ3) is 5.41. The molecule has 0 aliphatic carbocycles. The summed E-state index contributed by atoms with van der Waals surface area (Å²) in [6, 6.07) is 17.0. The third-order valence-corrected chi connectivity index (χ3v) is 7.67. The molecule has 1 unspecified atom stereocenters. The maximum Gasteiger partial charge on any atom is 0.326 e. The van der Waals surface area contributed by atoms with Crippen LogP contribution in [0.5, 0.6) is 0 Å². The molecule has 0 bridgehead atoms. The number of likely N-dealkylation sites (tertiary alicyclic amines) is 1. The first-order chi connectivity index (χ1) is 17.1. The molecule has 2 aliphatic heterocycles. The van der Waals surface area contributed by atoms with Crippen LogP contribution in [0.15, 0.2) is 59.8 Å². The number of fused-ring (bicyclic) bond motifs is 1. The molecule has 1 fully saturated rings. The molecule has 0 spiro atoms.